The van der Waals surface area contributed by atoms with Gasteiger partial charge in [-0.2, -0.15) is 0 Å². The number of rotatable bonds is 6. The summed E-state index contributed by atoms with van der Waals surface area (Å²) in [5.41, 5.74) is 6.56. The Morgan fingerprint density at radius 2 is 1.72 bits per heavy atom. The van der Waals surface area contributed by atoms with Crippen LogP contribution in [0.5, 0.6) is 0 Å². The summed E-state index contributed by atoms with van der Waals surface area (Å²) in [6, 6.07) is 6.75. The van der Waals surface area contributed by atoms with Gasteiger partial charge >= 0.3 is 0 Å². The first-order valence-electron chi connectivity index (χ1n) is 6.16. The van der Waals surface area contributed by atoms with Crippen molar-refractivity contribution in [1.82, 2.24) is 4.72 Å². The van der Waals surface area contributed by atoms with Crippen LogP contribution in [0.15, 0.2) is 29.2 Å². The molecule has 1 aromatic rings. The molecule has 18 heavy (non-hydrogen) atoms. The van der Waals surface area contributed by atoms with Crippen LogP contribution in [0.1, 0.15) is 26.3 Å². The molecule has 3 N–H and O–H groups in total. The van der Waals surface area contributed by atoms with Crippen molar-refractivity contribution in [1.29, 1.82) is 0 Å². The maximum atomic E-state index is 12.0. The molecule has 0 radical (unpaired) electrons. The smallest absolute Gasteiger partial charge is 0.240 e. The summed E-state index contributed by atoms with van der Waals surface area (Å²) < 4.78 is 26.5. The molecule has 0 aliphatic carbocycles. The second kappa shape index (κ2) is 6.31. The van der Waals surface area contributed by atoms with E-state index in [-0.39, 0.29) is 17.5 Å². The Balaban J connectivity index is 2.84. The molecule has 0 fully saturated rings. The number of nitrogens with one attached hydrogen (secondary N) is 1. The SMILES string of the molecule is CC(C)Cc1ccc(S(=O)(=O)NC(C)CN)cc1. The Labute approximate surface area is 110 Å². The minimum Gasteiger partial charge on any atom is -0.329 e. The van der Waals surface area contributed by atoms with E-state index in [2.05, 4.69) is 18.6 Å². The van der Waals surface area contributed by atoms with Crippen molar-refractivity contribution >= 4 is 10.0 Å². The Bertz CT molecular complexity index is 466. The molecule has 1 aromatic carbocycles. The lowest BCUT2D eigenvalue weighted by Gasteiger charge is -2.12. The van der Waals surface area contributed by atoms with Gasteiger partial charge < -0.3 is 5.73 Å². The van der Waals surface area contributed by atoms with Crippen LogP contribution >= 0.6 is 0 Å². The molecule has 0 spiro atoms. The minimum absolute atomic E-state index is 0.259. The van der Waals surface area contributed by atoms with Crippen molar-refractivity contribution in [3.63, 3.8) is 0 Å². The predicted octanol–water partition coefficient (Wildman–Crippen LogP) is 1.51. The van der Waals surface area contributed by atoms with Gasteiger partial charge in [-0.25, -0.2) is 13.1 Å². The molecule has 0 saturated carbocycles. The van der Waals surface area contributed by atoms with E-state index in [0.29, 0.717) is 5.92 Å². The van der Waals surface area contributed by atoms with Gasteiger partial charge in [0.25, 0.3) is 0 Å². The number of benzene rings is 1. The maximum absolute atomic E-state index is 12.0. The van der Waals surface area contributed by atoms with Crippen LogP contribution in [-0.2, 0) is 16.4 Å². The van der Waals surface area contributed by atoms with Crippen LogP contribution < -0.4 is 10.5 Å². The van der Waals surface area contributed by atoms with E-state index in [0.717, 1.165) is 12.0 Å². The molecule has 0 saturated heterocycles. The highest BCUT2D eigenvalue weighted by Crippen LogP contribution is 2.13. The quantitative estimate of drug-likeness (QED) is 0.823. The zero-order valence-corrected chi connectivity index (χ0v) is 12.0. The third-order valence-electron chi connectivity index (χ3n) is 2.59. The van der Waals surface area contributed by atoms with Gasteiger partial charge in [0, 0.05) is 12.6 Å². The van der Waals surface area contributed by atoms with Crippen molar-refractivity contribution < 1.29 is 8.42 Å². The summed E-state index contributed by atoms with van der Waals surface area (Å²) in [6.07, 6.45) is 0.951. The first-order valence-corrected chi connectivity index (χ1v) is 7.65. The second-order valence-electron chi connectivity index (χ2n) is 5.00. The molecular weight excluding hydrogens is 248 g/mol. The molecule has 5 heteroatoms. The van der Waals surface area contributed by atoms with Gasteiger partial charge in [-0.1, -0.05) is 26.0 Å². The van der Waals surface area contributed by atoms with Gasteiger partial charge in [-0.15, -0.1) is 0 Å². The number of nitrogens with two attached hydrogens (primary N) is 1. The molecule has 0 heterocycles. The molecule has 0 bridgehead atoms. The molecule has 102 valence electrons. The zero-order chi connectivity index (χ0) is 13.8. The van der Waals surface area contributed by atoms with Crippen LogP contribution in [0.2, 0.25) is 0 Å². The van der Waals surface area contributed by atoms with Crippen molar-refractivity contribution in [2.45, 2.75) is 38.1 Å². The molecule has 0 aliphatic heterocycles. The average Bonchev–Trinajstić information content (AvgIpc) is 2.28. The summed E-state index contributed by atoms with van der Waals surface area (Å²) in [5.74, 6) is 0.558. The third kappa shape index (κ3) is 4.40. The number of sulfonamides is 1. The van der Waals surface area contributed by atoms with E-state index in [1.54, 1.807) is 19.1 Å². The van der Waals surface area contributed by atoms with Crippen LogP contribution in [-0.4, -0.2) is 21.0 Å². The Hall–Kier alpha value is -0.910. The lowest BCUT2D eigenvalue weighted by molar-refractivity contribution is 0.562. The Morgan fingerprint density at radius 3 is 2.17 bits per heavy atom. The highest BCUT2D eigenvalue weighted by Gasteiger charge is 2.16. The van der Waals surface area contributed by atoms with Crippen molar-refractivity contribution in [3.8, 4) is 0 Å². The first kappa shape index (κ1) is 15.1. The molecule has 1 unspecified atom stereocenters. The lowest BCUT2D eigenvalue weighted by atomic mass is 10.0. The van der Waals surface area contributed by atoms with E-state index in [1.807, 2.05) is 12.1 Å². The summed E-state index contributed by atoms with van der Waals surface area (Å²) in [7, 11) is -3.45. The number of hydrogen-bond acceptors (Lipinski definition) is 3. The molecule has 4 nitrogen and oxygen atoms in total. The van der Waals surface area contributed by atoms with E-state index < -0.39 is 10.0 Å². The maximum Gasteiger partial charge on any atom is 0.240 e. The molecule has 0 aliphatic rings. The van der Waals surface area contributed by atoms with Gasteiger partial charge in [-0.05, 0) is 37.0 Å². The largest absolute Gasteiger partial charge is 0.329 e. The van der Waals surface area contributed by atoms with Crippen LogP contribution in [0.4, 0.5) is 0 Å². The monoisotopic (exact) mass is 270 g/mol. The Morgan fingerprint density at radius 1 is 1.17 bits per heavy atom. The Kier molecular flexibility index (Phi) is 5.31. The summed E-state index contributed by atoms with van der Waals surface area (Å²) in [5, 5.41) is 0. The van der Waals surface area contributed by atoms with E-state index in [9.17, 15) is 8.42 Å². The van der Waals surface area contributed by atoms with Gasteiger partial charge in [0.2, 0.25) is 10.0 Å². The topological polar surface area (TPSA) is 72.2 Å². The van der Waals surface area contributed by atoms with E-state index in [4.69, 9.17) is 5.73 Å². The van der Waals surface area contributed by atoms with Gasteiger partial charge in [0.15, 0.2) is 0 Å². The highest BCUT2D eigenvalue weighted by molar-refractivity contribution is 7.89. The molecule has 1 atom stereocenters. The standard InChI is InChI=1S/C13H22N2O2S/c1-10(2)8-12-4-6-13(7-5-12)18(16,17)15-11(3)9-14/h4-7,10-11,15H,8-9,14H2,1-3H3. The van der Waals surface area contributed by atoms with Gasteiger partial charge in [-0.3, -0.25) is 0 Å². The van der Waals surface area contributed by atoms with E-state index in [1.165, 1.54) is 0 Å². The van der Waals surface area contributed by atoms with Crippen LogP contribution in [0.25, 0.3) is 0 Å². The fourth-order valence-corrected chi connectivity index (χ4v) is 2.91. The molecular formula is C13H22N2O2S. The van der Waals surface area contributed by atoms with Crippen molar-refractivity contribution in [2.75, 3.05) is 6.54 Å². The highest BCUT2D eigenvalue weighted by atomic mass is 32.2. The van der Waals surface area contributed by atoms with Crippen molar-refractivity contribution in [3.05, 3.63) is 29.8 Å². The normalized spacial score (nSPS) is 13.8. The lowest BCUT2D eigenvalue weighted by Crippen LogP contribution is -2.37. The van der Waals surface area contributed by atoms with Crippen LogP contribution in [0, 0.1) is 5.92 Å². The van der Waals surface area contributed by atoms with Crippen molar-refractivity contribution in [2.24, 2.45) is 11.7 Å². The summed E-state index contributed by atoms with van der Waals surface area (Å²) in [4.78, 5) is 0.287. The van der Waals surface area contributed by atoms with E-state index >= 15 is 0 Å². The second-order valence-corrected chi connectivity index (χ2v) is 6.71. The average molecular weight is 270 g/mol. The third-order valence-corrected chi connectivity index (χ3v) is 4.19. The summed E-state index contributed by atoms with van der Waals surface area (Å²) in [6.45, 7) is 6.29. The molecule has 1 rings (SSSR count). The molecule has 0 amide bonds. The van der Waals surface area contributed by atoms with Crippen LogP contribution in [0.3, 0.4) is 0 Å². The van der Waals surface area contributed by atoms with Gasteiger partial charge in [0.05, 0.1) is 4.90 Å². The predicted molar refractivity (Wildman–Crippen MR) is 73.8 cm³/mol. The minimum atomic E-state index is -3.45. The fourth-order valence-electron chi connectivity index (χ4n) is 1.66. The molecule has 0 aromatic heterocycles. The fraction of sp³-hybridized carbons (Fsp3) is 0.538. The van der Waals surface area contributed by atoms with Gasteiger partial charge in [0.1, 0.15) is 0 Å². The first-order chi connectivity index (χ1) is 8.35. The number of hydrogen-bond donors (Lipinski definition) is 2. The zero-order valence-electron chi connectivity index (χ0n) is 11.2. The summed E-state index contributed by atoms with van der Waals surface area (Å²) >= 11 is 0.